The third-order valence-electron chi connectivity index (χ3n) is 2.38. The second-order valence-electron chi connectivity index (χ2n) is 4.77. The van der Waals surface area contributed by atoms with Gasteiger partial charge in [0.05, 0.1) is 0 Å². The quantitative estimate of drug-likeness (QED) is 0.793. The largest absolute Gasteiger partial charge is 0.386 e. The molecule has 0 aromatic heterocycles. The van der Waals surface area contributed by atoms with Crippen LogP contribution in [0.2, 0.25) is 5.02 Å². The summed E-state index contributed by atoms with van der Waals surface area (Å²) < 4.78 is 0. The van der Waals surface area contributed by atoms with Crippen LogP contribution in [0.15, 0.2) is 18.2 Å². The van der Waals surface area contributed by atoms with Gasteiger partial charge in [0, 0.05) is 5.02 Å². The number of alkyl halides is 2. The minimum Gasteiger partial charge on any atom is -0.386 e. The smallest absolute Gasteiger partial charge is 0.137 e. The molecule has 0 amide bonds. The highest BCUT2D eigenvalue weighted by atomic mass is 35.5. The zero-order valence-corrected chi connectivity index (χ0v) is 11.7. The van der Waals surface area contributed by atoms with Gasteiger partial charge in [0.15, 0.2) is 0 Å². The summed E-state index contributed by atoms with van der Waals surface area (Å²) in [5.74, 6) is 0. The molecule has 0 saturated heterocycles. The fourth-order valence-corrected chi connectivity index (χ4v) is 2.23. The number of benzene rings is 1. The molecule has 16 heavy (non-hydrogen) atoms. The van der Waals surface area contributed by atoms with Crippen LogP contribution in [0.1, 0.15) is 38.0 Å². The number of halogens is 3. The van der Waals surface area contributed by atoms with Gasteiger partial charge in [-0.3, -0.25) is 0 Å². The Balaban J connectivity index is 3.09. The molecule has 0 fully saturated rings. The normalized spacial score (nSPS) is 14.2. The second-order valence-corrected chi connectivity index (χ2v) is 6.34. The monoisotopic (exact) mass is 280 g/mol. The van der Waals surface area contributed by atoms with E-state index in [4.69, 9.17) is 34.8 Å². The van der Waals surface area contributed by atoms with E-state index in [0.29, 0.717) is 10.6 Å². The molecule has 0 aliphatic heterocycles. The van der Waals surface area contributed by atoms with E-state index in [1.165, 1.54) is 0 Å². The minimum absolute atomic E-state index is 0.0259. The van der Waals surface area contributed by atoms with Crippen molar-refractivity contribution in [2.24, 2.45) is 0 Å². The number of hydrogen-bond acceptors (Lipinski definition) is 1. The summed E-state index contributed by atoms with van der Waals surface area (Å²) in [5, 5.41) is 10.3. The summed E-state index contributed by atoms with van der Waals surface area (Å²) in [6.45, 7) is 6.24. The molecule has 4 heteroatoms. The molecule has 0 aliphatic rings. The third-order valence-corrected chi connectivity index (χ3v) is 3.17. The predicted molar refractivity (Wildman–Crippen MR) is 70.6 cm³/mol. The summed E-state index contributed by atoms with van der Waals surface area (Å²) in [5.41, 5.74) is 1.64. The number of aliphatic hydroxyl groups excluding tert-OH is 1. The maximum absolute atomic E-state index is 9.69. The van der Waals surface area contributed by atoms with Gasteiger partial charge in [-0.05, 0) is 22.6 Å². The lowest BCUT2D eigenvalue weighted by Gasteiger charge is -2.22. The Morgan fingerprint density at radius 2 is 1.75 bits per heavy atom. The molecule has 1 rings (SSSR count). The topological polar surface area (TPSA) is 20.2 Å². The summed E-state index contributed by atoms with van der Waals surface area (Å²) in [6.07, 6.45) is -0.908. The molecule has 1 aromatic rings. The van der Waals surface area contributed by atoms with Gasteiger partial charge in [-0.15, -0.1) is 23.2 Å². The summed E-state index contributed by atoms with van der Waals surface area (Å²) in [4.78, 5) is -0.850. The van der Waals surface area contributed by atoms with Gasteiger partial charge in [0.1, 0.15) is 10.9 Å². The highest BCUT2D eigenvalue weighted by Gasteiger charge is 2.21. The lowest BCUT2D eigenvalue weighted by atomic mass is 9.86. The van der Waals surface area contributed by atoms with Crippen molar-refractivity contribution in [2.45, 2.75) is 37.1 Å². The summed E-state index contributed by atoms with van der Waals surface area (Å²) >= 11 is 17.4. The standard InChI is InChI=1S/C12H15Cl3O/c1-12(2,3)8-5-4-7(6-9(8)13)10(16)11(14)15/h4-6,10-11,16H,1-3H3. The van der Waals surface area contributed by atoms with Crippen LogP contribution in [0, 0.1) is 0 Å². The molecule has 1 nitrogen and oxygen atoms in total. The van der Waals surface area contributed by atoms with Crippen LogP contribution in [0.5, 0.6) is 0 Å². The first-order valence-electron chi connectivity index (χ1n) is 4.99. The zero-order valence-electron chi connectivity index (χ0n) is 9.47. The van der Waals surface area contributed by atoms with Crippen LogP contribution in [0.25, 0.3) is 0 Å². The molecule has 1 atom stereocenters. The molecular formula is C12H15Cl3O. The van der Waals surface area contributed by atoms with E-state index in [2.05, 4.69) is 20.8 Å². The second kappa shape index (κ2) is 5.14. The molecule has 0 heterocycles. The van der Waals surface area contributed by atoms with Gasteiger partial charge in [0.25, 0.3) is 0 Å². The van der Waals surface area contributed by atoms with Crippen molar-refractivity contribution in [3.05, 3.63) is 34.3 Å². The van der Waals surface area contributed by atoms with Crippen LogP contribution < -0.4 is 0 Å². The fraction of sp³-hybridized carbons (Fsp3) is 0.500. The van der Waals surface area contributed by atoms with Gasteiger partial charge in [-0.2, -0.15) is 0 Å². The third kappa shape index (κ3) is 3.27. The molecule has 90 valence electrons. The van der Waals surface area contributed by atoms with Gasteiger partial charge in [-0.25, -0.2) is 0 Å². The fourth-order valence-electron chi connectivity index (χ4n) is 1.47. The molecule has 1 N–H and O–H groups in total. The van der Waals surface area contributed by atoms with E-state index >= 15 is 0 Å². The maximum Gasteiger partial charge on any atom is 0.137 e. The molecular weight excluding hydrogens is 266 g/mol. The van der Waals surface area contributed by atoms with Crippen LogP contribution in [0.4, 0.5) is 0 Å². The number of rotatable bonds is 2. The van der Waals surface area contributed by atoms with Crippen molar-refractivity contribution < 1.29 is 5.11 Å². The maximum atomic E-state index is 9.69. The number of aliphatic hydroxyl groups is 1. The first-order chi connectivity index (χ1) is 7.23. The number of hydrogen-bond donors (Lipinski definition) is 1. The average molecular weight is 282 g/mol. The van der Waals surface area contributed by atoms with E-state index < -0.39 is 10.9 Å². The summed E-state index contributed by atoms with van der Waals surface area (Å²) in [7, 11) is 0. The molecule has 0 radical (unpaired) electrons. The van der Waals surface area contributed by atoms with Crippen molar-refractivity contribution in [3.63, 3.8) is 0 Å². The van der Waals surface area contributed by atoms with Crippen LogP contribution in [-0.4, -0.2) is 9.94 Å². The van der Waals surface area contributed by atoms with E-state index in [-0.39, 0.29) is 5.41 Å². The molecule has 0 bridgehead atoms. The van der Waals surface area contributed by atoms with Crippen LogP contribution >= 0.6 is 34.8 Å². The molecule has 0 aliphatic carbocycles. The van der Waals surface area contributed by atoms with Crippen molar-refractivity contribution in [3.8, 4) is 0 Å². The van der Waals surface area contributed by atoms with Gasteiger partial charge >= 0.3 is 0 Å². The highest BCUT2D eigenvalue weighted by molar-refractivity contribution is 6.44. The van der Waals surface area contributed by atoms with Gasteiger partial charge in [0.2, 0.25) is 0 Å². The van der Waals surface area contributed by atoms with Crippen LogP contribution in [-0.2, 0) is 5.41 Å². The molecule has 1 aromatic carbocycles. The first kappa shape index (κ1) is 14.1. The summed E-state index contributed by atoms with van der Waals surface area (Å²) in [6, 6.07) is 5.41. The Labute approximate surface area is 111 Å². The Bertz CT molecular complexity index is 369. The van der Waals surface area contributed by atoms with E-state index in [9.17, 15) is 5.11 Å². The minimum atomic E-state index is -0.908. The van der Waals surface area contributed by atoms with Crippen molar-refractivity contribution in [1.29, 1.82) is 0 Å². The average Bonchev–Trinajstić information content (AvgIpc) is 2.14. The SMILES string of the molecule is CC(C)(C)c1ccc(C(O)C(Cl)Cl)cc1Cl. The first-order valence-corrected chi connectivity index (χ1v) is 6.24. The van der Waals surface area contributed by atoms with Crippen molar-refractivity contribution in [1.82, 2.24) is 0 Å². The Hall–Kier alpha value is 0.0500. The Kier molecular flexibility index (Phi) is 4.53. The van der Waals surface area contributed by atoms with E-state index in [0.717, 1.165) is 5.56 Å². The molecule has 0 spiro atoms. The van der Waals surface area contributed by atoms with Gasteiger partial charge in [-0.1, -0.05) is 44.5 Å². The predicted octanol–water partition coefficient (Wildman–Crippen LogP) is 4.47. The zero-order chi connectivity index (χ0) is 12.5. The highest BCUT2D eigenvalue weighted by Crippen LogP contribution is 2.33. The Morgan fingerprint density at radius 3 is 2.12 bits per heavy atom. The van der Waals surface area contributed by atoms with E-state index in [1.54, 1.807) is 12.1 Å². The van der Waals surface area contributed by atoms with E-state index in [1.807, 2.05) is 6.07 Å². The lowest BCUT2D eigenvalue weighted by Crippen LogP contribution is -2.13. The molecule has 1 unspecified atom stereocenters. The van der Waals surface area contributed by atoms with Crippen molar-refractivity contribution >= 4 is 34.8 Å². The van der Waals surface area contributed by atoms with Gasteiger partial charge < -0.3 is 5.11 Å². The Morgan fingerprint density at radius 1 is 1.19 bits per heavy atom. The van der Waals surface area contributed by atoms with Crippen molar-refractivity contribution in [2.75, 3.05) is 0 Å². The lowest BCUT2D eigenvalue weighted by molar-refractivity contribution is 0.193. The molecule has 0 saturated carbocycles. The van der Waals surface area contributed by atoms with Crippen LogP contribution in [0.3, 0.4) is 0 Å².